The van der Waals surface area contributed by atoms with Gasteiger partial charge in [0.1, 0.15) is 18.4 Å². The number of nitrogens with one attached hydrogen (secondary N) is 1. The van der Waals surface area contributed by atoms with E-state index < -0.39 is 34.3 Å². The van der Waals surface area contributed by atoms with Crippen LogP contribution < -0.4 is 9.62 Å². The highest BCUT2D eigenvalue weighted by molar-refractivity contribution is 9.10. The maximum atomic E-state index is 14.6. The van der Waals surface area contributed by atoms with Crippen LogP contribution in [-0.4, -0.2) is 43.8 Å². The molecule has 1 atom stereocenters. The molecule has 0 radical (unpaired) electrons. The second kappa shape index (κ2) is 12.7. The van der Waals surface area contributed by atoms with Crippen LogP contribution in [0.5, 0.6) is 0 Å². The van der Waals surface area contributed by atoms with Gasteiger partial charge < -0.3 is 10.2 Å². The highest BCUT2D eigenvalue weighted by Crippen LogP contribution is 2.27. The first-order valence-electron chi connectivity index (χ1n) is 12.8. The number of carbonyl (C=O) groups is 2. The zero-order valence-corrected chi connectivity index (χ0v) is 24.0. The lowest BCUT2D eigenvalue weighted by Gasteiger charge is -2.32. The third-order valence-corrected chi connectivity index (χ3v) is 9.15. The Morgan fingerprint density at radius 2 is 1.67 bits per heavy atom. The third-order valence-electron chi connectivity index (χ3n) is 6.87. The molecule has 10 heteroatoms. The van der Waals surface area contributed by atoms with Crippen LogP contribution in [0.1, 0.15) is 38.2 Å². The van der Waals surface area contributed by atoms with Crippen LogP contribution in [-0.2, 0) is 26.2 Å². The van der Waals surface area contributed by atoms with E-state index in [2.05, 4.69) is 21.2 Å². The molecule has 4 rings (SSSR count). The molecule has 3 aromatic rings. The predicted octanol–water partition coefficient (Wildman–Crippen LogP) is 5.26. The van der Waals surface area contributed by atoms with Gasteiger partial charge >= 0.3 is 0 Å². The summed E-state index contributed by atoms with van der Waals surface area (Å²) in [6.45, 7) is 0.809. The van der Waals surface area contributed by atoms with Crippen molar-refractivity contribution in [3.8, 4) is 0 Å². The molecule has 3 aromatic carbocycles. The van der Waals surface area contributed by atoms with E-state index in [0.29, 0.717) is 4.47 Å². The summed E-state index contributed by atoms with van der Waals surface area (Å²) < 4.78 is 43.8. The molecule has 1 saturated carbocycles. The zero-order chi connectivity index (χ0) is 28.0. The number of hydrogen-bond donors (Lipinski definition) is 1. The van der Waals surface area contributed by atoms with Gasteiger partial charge in [-0.05, 0) is 56.2 Å². The average Bonchev–Trinajstić information content (AvgIpc) is 3.44. The largest absolute Gasteiger partial charge is 0.352 e. The standard InChI is InChI=1S/C29H31BrFN3O4S/c1-21(29(36)32-24-12-6-7-13-24)33(19-22-10-5-8-17-27(22)31)28(35)20-34(25-14-9-11-23(30)18-25)39(37,38)26-15-3-2-4-16-26/h2-5,8-11,14-18,21,24H,6-7,12-13,19-20H2,1H3,(H,32,36). The normalized spacial score (nSPS) is 14.5. The number of nitrogens with zero attached hydrogens (tertiary/aromatic N) is 2. The second-order valence-corrected chi connectivity index (χ2v) is 12.4. The lowest BCUT2D eigenvalue weighted by molar-refractivity contribution is -0.139. The Balaban J connectivity index is 1.69. The van der Waals surface area contributed by atoms with Gasteiger partial charge in [0.05, 0.1) is 10.6 Å². The molecule has 0 saturated heterocycles. The molecule has 1 aliphatic rings. The number of halogens is 2. The highest BCUT2D eigenvalue weighted by atomic mass is 79.9. The Bertz CT molecular complexity index is 1410. The molecule has 1 N–H and O–H groups in total. The SMILES string of the molecule is CC(C(=O)NC1CCCC1)N(Cc1ccccc1F)C(=O)CN(c1cccc(Br)c1)S(=O)(=O)c1ccccc1. The van der Waals surface area contributed by atoms with Gasteiger partial charge in [-0.3, -0.25) is 13.9 Å². The Kier molecular flexibility index (Phi) is 9.40. The van der Waals surface area contributed by atoms with Crippen molar-refractivity contribution in [2.24, 2.45) is 0 Å². The first kappa shape index (κ1) is 28.8. The van der Waals surface area contributed by atoms with Crippen molar-refractivity contribution in [1.82, 2.24) is 10.2 Å². The molecule has 0 aliphatic heterocycles. The minimum Gasteiger partial charge on any atom is -0.352 e. The summed E-state index contributed by atoms with van der Waals surface area (Å²) in [5, 5.41) is 3.00. The number of carbonyl (C=O) groups excluding carboxylic acids is 2. The summed E-state index contributed by atoms with van der Waals surface area (Å²) >= 11 is 3.37. The Hall–Kier alpha value is -3.24. The van der Waals surface area contributed by atoms with Crippen molar-refractivity contribution >= 4 is 43.5 Å². The fourth-order valence-corrected chi connectivity index (χ4v) is 6.48. The Morgan fingerprint density at radius 3 is 2.33 bits per heavy atom. The van der Waals surface area contributed by atoms with Crippen LogP contribution >= 0.6 is 15.9 Å². The molecule has 7 nitrogen and oxygen atoms in total. The molecular formula is C29H31BrFN3O4S. The second-order valence-electron chi connectivity index (χ2n) is 9.58. The van der Waals surface area contributed by atoms with Gasteiger partial charge in [-0.15, -0.1) is 0 Å². The first-order chi connectivity index (χ1) is 18.7. The number of anilines is 1. The minimum absolute atomic E-state index is 0.0189. The molecule has 1 fully saturated rings. The van der Waals surface area contributed by atoms with E-state index >= 15 is 0 Å². The van der Waals surface area contributed by atoms with Gasteiger partial charge in [0.25, 0.3) is 10.0 Å². The molecule has 39 heavy (non-hydrogen) atoms. The lowest BCUT2D eigenvalue weighted by Crippen LogP contribution is -2.52. The minimum atomic E-state index is -4.15. The maximum absolute atomic E-state index is 14.6. The van der Waals surface area contributed by atoms with Crippen LogP contribution in [0.25, 0.3) is 0 Å². The zero-order valence-electron chi connectivity index (χ0n) is 21.6. The lowest BCUT2D eigenvalue weighted by atomic mass is 10.1. The van der Waals surface area contributed by atoms with Crippen LogP contribution in [0.15, 0.2) is 88.2 Å². The van der Waals surface area contributed by atoms with E-state index in [1.54, 1.807) is 67.6 Å². The van der Waals surface area contributed by atoms with Crippen molar-refractivity contribution in [3.05, 3.63) is 94.7 Å². The fourth-order valence-electron chi connectivity index (χ4n) is 4.66. The number of rotatable bonds is 10. The molecule has 1 aliphatic carbocycles. The third kappa shape index (κ3) is 7.05. The first-order valence-corrected chi connectivity index (χ1v) is 15.1. The molecule has 0 aromatic heterocycles. The summed E-state index contributed by atoms with van der Waals surface area (Å²) in [6, 6.07) is 19.5. The molecule has 2 amide bonds. The summed E-state index contributed by atoms with van der Waals surface area (Å²) in [7, 11) is -4.15. The molecule has 1 unspecified atom stereocenters. The van der Waals surface area contributed by atoms with Crippen molar-refractivity contribution in [1.29, 1.82) is 0 Å². The van der Waals surface area contributed by atoms with Crippen molar-refractivity contribution in [2.45, 2.75) is 56.1 Å². The number of benzene rings is 3. The number of hydrogen-bond acceptors (Lipinski definition) is 4. The van der Waals surface area contributed by atoms with E-state index in [4.69, 9.17) is 0 Å². The molecular weight excluding hydrogens is 585 g/mol. The number of sulfonamides is 1. The monoisotopic (exact) mass is 615 g/mol. The highest BCUT2D eigenvalue weighted by Gasteiger charge is 2.33. The number of amides is 2. The fraction of sp³-hybridized carbons (Fsp3) is 0.310. The summed E-state index contributed by atoms with van der Waals surface area (Å²) in [4.78, 5) is 28.4. The summed E-state index contributed by atoms with van der Waals surface area (Å²) in [5.41, 5.74) is 0.502. The van der Waals surface area contributed by atoms with Crippen LogP contribution in [0.3, 0.4) is 0 Å². The Labute approximate surface area is 237 Å². The van der Waals surface area contributed by atoms with E-state index in [-0.39, 0.29) is 34.6 Å². The van der Waals surface area contributed by atoms with Crippen LogP contribution in [0, 0.1) is 5.82 Å². The summed E-state index contributed by atoms with van der Waals surface area (Å²) in [6.07, 6.45) is 3.78. The van der Waals surface area contributed by atoms with Gasteiger partial charge in [-0.25, -0.2) is 12.8 Å². The summed E-state index contributed by atoms with van der Waals surface area (Å²) in [5.74, 6) is -1.50. The average molecular weight is 617 g/mol. The van der Waals surface area contributed by atoms with Crippen molar-refractivity contribution < 1.29 is 22.4 Å². The Morgan fingerprint density at radius 1 is 1.00 bits per heavy atom. The quantitative estimate of drug-likeness (QED) is 0.337. The van der Waals surface area contributed by atoms with Crippen molar-refractivity contribution in [3.63, 3.8) is 0 Å². The van der Waals surface area contributed by atoms with E-state index in [0.717, 1.165) is 30.0 Å². The van der Waals surface area contributed by atoms with Gasteiger partial charge in [0.15, 0.2) is 0 Å². The maximum Gasteiger partial charge on any atom is 0.264 e. The predicted molar refractivity (Wildman–Crippen MR) is 152 cm³/mol. The molecule has 0 spiro atoms. The molecule has 206 valence electrons. The van der Waals surface area contributed by atoms with Gasteiger partial charge in [-0.2, -0.15) is 0 Å². The van der Waals surface area contributed by atoms with Gasteiger partial charge in [0, 0.05) is 22.6 Å². The van der Waals surface area contributed by atoms with E-state index in [9.17, 15) is 22.4 Å². The van der Waals surface area contributed by atoms with Gasteiger partial charge in [0.2, 0.25) is 11.8 Å². The molecule has 0 heterocycles. The van der Waals surface area contributed by atoms with E-state index in [1.807, 2.05) is 0 Å². The van der Waals surface area contributed by atoms with Gasteiger partial charge in [-0.1, -0.05) is 71.2 Å². The van der Waals surface area contributed by atoms with E-state index in [1.165, 1.54) is 23.1 Å². The van der Waals surface area contributed by atoms with Crippen LogP contribution in [0.4, 0.5) is 10.1 Å². The topological polar surface area (TPSA) is 86.8 Å². The van der Waals surface area contributed by atoms with Crippen LogP contribution in [0.2, 0.25) is 0 Å². The molecule has 0 bridgehead atoms. The van der Waals surface area contributed by atoms with Crippen molar-refractivity contribution in [2.75, 3.05) is 10.8 Å². The smallest absolute Gasteiger partial charge is 0.264 e.